The number of aromatic nitrogens is 2. The third-order valence-electron chi connectivity index (χ3n) is 6.53. The van der Waals surface area contributed by atoms with Gasteiger partial charge in [0.05, 0.1) is 36.7 Å². The summed E-state index contributed by atoms with van der Waals surface area (Å²) in [5.41, 5.74) is 5.67. The first kappa shape index (κ1) is 18.3. The zero-order valence-corrected chi connectivity index (χ0v) is 16.9. The fraction of sp³-hybridized carbons (Fsp3) is 0.391. The number of methoxy groups -OCH3 is 1. The molecule has 0 radical (unpaired) electrons. The molecule has 1 atom stereocenters. The molecule has 1 unspecified atom stereocenters. The molecule has 2 aromatic heterocycles. The summed E-state index contributed by atoms with van der Waals surface area (Å²) in [6, 6.07) is 7.33. The number of rotatable bonds is 3. The quantitative estimate of drug-likeness (QED) is 0.578. The number of ether oxygens (including phenoxy) is 2. The van der Waals surface area contributed by atoms with Crippen LogP contribution in [0.15, 0.2) is 29.1 Å². The predicted molar refractivity (Wildman–Crippen MR) is 110 cm³/mol. The molecule has 2 aliphatic heterocycles. The Bertz CT molecular complexity index is 1210. The van der Waals surface area contributed by atoms with Crippen molar-refractivity contribution in [3.8, 4) is 17.1 Å². The molecule has 3 aromatic rings. The molecule has 1 N–H and O–H groups in total. The highest BCUT2D eigenvalue weighted by Crippen LogP contribution is 2.41. The van der Waals surface area contributed by atoms with E-state index in [-0.39, 0.29) is 11.3 Å². The summed E-state index contributed by atoms with van der Waals surface area (Å²) in [5, 5.41) is 10.9. The van der Waals surface area contributed by atoms with Crippen LogP contribution in [0.5, 0.6) is 5.75 Å². The van der Waals surface area contributed by atoms with Gasteiger partial charge in [-0.3, -0.25) is 4.79 Å². The second-order valence-corrected chi connectivity index (χ2v) is 7.83. The second kappa shape index (κ2) is 6.40. The Kier molecular flexibility index (Phi) is 4.05. The van der Waals surface area contributed by atoms with Crippen LogP contribution in [0.1, 0.15) is 42.5 Å². The first-order valence-corrected chi connectivity index (χ1v) is 10.1. The van der Waals surface area contributed by atoms with Crippen LogP contribution in [0.25, 0.3) is 22.3 Å². The number of hydrogen-bond acceptors (Lipinski definition) is 5. The van der Waals surface area contributed by atoms with Gasteiger partial charge in [0.1, 0.15) is 11.4 Å². The maximum absolute atomic E-state index is 13.4. The molecule has 0 amide bonds. The van der Waals surface area contributed by atoms with Gasteiger partial charge in [0.25, 0.3) is 5.56 Å². The van der Waals surface area contributed by atoms with Crippen LogP contribution in [0.2, 0.25) is 0 Å². The van der Waals surface area contributed by atoms with Crippen LogP contribution < -0.4 is 5.56 Å². The highest BCUT2D eigenvalue weighted by molar-refractivity contribution is 5.89. The number of pyridine rings is 2. The minimum atomic E-state index is -0.610. The summed E-state index contributed by atoms with van der Waals surface area (Å²) < 4.78 is 13.4. The molecule has 5 rings (SSSR count). The van der Waals surface area contributed by atoms with E-state index >= 15 is 0 Å². The van der Waals surface area contributed by atoms with Crippen LogP contribution in [0.3, 0.4) is 0 Å². The van der Waals surface area contributed by atoms with Crippen molar-refractivity contribution in [2.45, 2.75) is 45.4 Å². The summed E-state index contributed by atoms with van der Waals surface area (Å²) in [6.07, 6.45) is 1.52. The molecule has 1 aromatic carbocycles. The fourth-order valence-electron chi connectivity index (χ4n) is 4.89. The monoisotopic (exact) mass is 392 g/mol. The standard InChI is InChI=1S/C23H24N2O4/c1-4-14-15-8-13(26)6-7-19(15)24-21-16(14)10-25-20(21)9-18-17(22(25)27)11-29-12-23(18,5-2)28-3/h6-9,26H,4-5,10-12H2,1-3H3. The normalized spacial score (nSPS) is 19.8. The molecule has 0 bridgehead atoms. The number of phenols is 1. The van der Waals surface area contributed by atoms with Crippen molar-refractivity contribution < 1.29 is 14.6 Å². The largest absolute Gasteiger partial charge is 0.508 e. The second-order valence-electron chi connectivity index (χ2n) is 7.83. The first-order valence-electron chi connectivity index (χ1n) is 10.1. The van der Waals surface area contributed by atoms with Crippen LogP contribution in [0, 0.1) is 0 Å². The lowest BCUT2D eigenvalue weighted by atomic mass is 9.86. The van der Waals surface area contributed by atoms with Crippen molar-refractivity contribution in [3.63, 3.8) is 0 Å². The van der Waals surface area contributed by atoms with Crippen molar-refractivity contribution in [1.29, 1.82) is 0 Å². The number of aryl methyl sites for hydroxylation is 1. The van der Waals surface area contributed by atoms with E-state index in [2.05, 4.69) is 13.0 Å². The van der Waals surface area contributed by atoms with Gasteiger partial charge in [-0.1, -0.05) is 13.8 Å². The maximum atomic E-state index is 13.4. The molecule has 0 fully saturated rings. The molecular weight excluding hydrogens is 368 g/mol. The number of fused-ring (bicyclic) bond motifs is 5. The van der Waals surface area contributed by atoms with E-state index in [0.29, 0.717) is 25.3 Å². The predicted octanol–water partition coefficient (Wildman–Crippen LogP) is 3.48. The molecule has 6 nitrogen and oxygen atoms in total. The Morgan fingerprint density at radius 3 is 2.83 bits per heavy atom. The van der Waals surface area contributed by atoms with Gasteiger partial charge in [0, 0.05) is 23.6 Å². The molecule has 0 aliphatic carbocycles. The number of phenolic OH excluding ortho intramolecular Hbond substituents is 1. The van der Waals surface area contributed by atoms with Gasteiger partial charge in [-0.2, -0.15) is 0 Å². The lowest BCUT2D eigenvalue weighted by Gasteiger charge is -2.37. The SMILES string of the molecule is CCc1c2c(nc3ccc(O)cc13)-c1cc3c(c(=O)n1C2)COCC3(CC)OC. The number of benzene rings is 1. The lowest BCUT2D eigenvalue weighted by Crippen LogP contribution is -2.41. The van der Waals surface area contributed by atoms with E-state index in [1.54, 1.807) is 23.8 Å². The molecule has 4 heterocycles. The summed E-state index contributed by atoms with van der Waals surface area (Å²) in [4.78, 5) is 18.3. The fourth-order valence-corrected chi connectivity index (χ4v) is 4.89. The Labute approximate surface area is 168 Å². The number of aromatic hydroxyl groups is 1. The molecule has 0 spiro atoms. The molecule has 29 heavy (non-hydrogen) atoms. The first-order chi connectivity index (χ1) is 14.0. The van der Waals surface area contributed by atoms with Gasteiger partial charge < -0.3 is 19.1 Å². The minimum absolute atomic E-state index is 0.0287. The van der Waals surface area contributed by atoms with Crippen LogP contribution >= 0.6 is 0 Å². The highest BCUT2D eigenvalue weighted by atomic mass is 16.5. The third-order valence-corrected chi connectivity index (χ3v) is 6.53. The van der Waals surface area contributed by atoms with E-state index < -0.39 is 5.60 Å². The van der Waals surface area contributed by atoms with Crippen LogP contribution in [-0.4, -0.2) is 28.4 Å². The van der Waals surface area contributed by atoms with E-state index in [4.69, 9.17) is 14.5 Å². The molecule has 0 saturated carbocycles. The van der Waals surface area contributed by atoms with Crippen molar-refractivity contribution in [2.75, 3.05) is 13.7 Å². The van der Waals surface area contributed by atoms with Crippen molar-refractivity contribution >= 4 is 10.9 Å². The van der Waals surface area contributed by atoms with Crippen molar-refractivity contribution in [1.82, 2.24) is 9.55 Å². The average Bonchev–Trinajstić information content (AvgIpc) is 3.10. The number of hydrogen-bond donors (Lipinski definition) is 1. The molecule has 2 aliphatic rings. The zero-order valence-electron chi connectivity index (χ0n) is 16.9. The Hall–Kier alpha value is -2.70. The molecule has 6 heteroatoms. The van der Waals surface area contributed by atoms with Gasteiger partial charge in [-0.05, 0) is 48.2 Å². The van der Waals surface area contributed by atoms with Crippen molar-refractivity contribution in [2.24, 2.45) is 0 Å². The lowest BCUT2D eigenvalue weighted by molar-refractivity contribution is -0.102. The van der Waals surface area contributed by atoms with Gasteiger partial charge in [0.2, 0.25) is 0 Å². The van der Waals surface area contributed by atoms with E-state index in [9.17, 15) is 9.90 Å². The van der Waals surface area contributed by atoms with Crippen LogP contribution in [-0.2, 0) is 34.6 Å². The van der Waals surface area contributed by atoms with Crippen molar-refractivity contribution in [3.05, 3.63) is 56.9 Å². The van der Waals surface area contributed by atoms with Gasteiger partial charge in [0.15, 0.2) is 0 Å². The third kappa shape index (κ3) is 2.42. The Morgan fingerprint density at radius 1 is 1.28 bits per heavy atom. The van der Waals surface area contributed by atoms with Crippen LogP contribution in [0.4, 0.5) is 0 Å². The Balaban J connectivity index is 1.82. The van der Waals surface area contributed by atoms with Gasteiger partial charge in [-0.15, -0.1) is 0 Å². The highest BCUT2D eigenvalue weighted by Gasteiger charge is 2.40. The minimum Gasteiger partial charge on any atom is -0.508 e. The topological polar surface area (TPSA) is 73.6 Å². The summed E-state index contributed by atoms with van der Waals surface area (Å²) in [6.45, 7) is 5.38. The summed E-state index contributed by atoms with van der Waals surface area (Å²) in [7, 11) is 1.67. The van der Waals surface area contributed by atoms with E-state index in [1.165, 1.54) is 0 Å². The van der Waals surface area contributed by atoms with E-state index in [1.807, 2.05) is 13.0 Å². The van der Waals surface area contributed by atoms with E-state index in [0.717, 1.165) is 51.8 Å². The maximum Gasteiger partial charge on any atom is 0.257 e. The van der Waals surface area contributed by atoms with Gasteiger partial charge >= 0.3 is 0 Å². The zero-order chi connectivity index (χ0) is 20.3. The van der Waals surface area contributed by atoms with Gasteiger partial charge in [-0.25, -0.2) is 4.98 Å². The molecule has 150 valence electrons. The smallest absolute Gasteiger partial charge is 0.257 e. The summed E-state index contributed by atoms with van der Waals surface area (Å²) in [5.74, 6) is 0.224. The number of nitrogens with zero attached hydrogens (tertiary/aromatic N) is 2. The summed E-state index contributed by atoms with van der Waals surface area (Å²) >= 11 is 0. The average molecular weight is 392 g/mol. The molecule has 0 saturated heterocycles. The molecular formula is C23H24N2O4. The Morgan fingerprint density at radius 2 is 2.10 bits per heavy atom.